The highest BCUT2D eigenvalue weighted by atomic mass is 35.5. The molecule has 7 heteroatoms. The highest BCUT2D eigenvalue weighted by Gasteiger charge is 2.20. The van der Waals surface area contributed by atoms with E-state index in [9.17, 15) is 0 Å². The van der Waals surface area contributed by atoms with Gasteiger partial charge in [0.15, 0.2) is 0 Å². The van der Waals surface area contributed by atoms with Gasteiger partial charge < -0.3 is 20.7 Å². The Morgan fingerprint density at radius 2 is 2.03 bits per heavy atom. The van der Waals surface area contributed by atoms with Crippen molar-refractivity contribution >= 4 is 40.0 Å². The van der Waals surface area contributed by atoms with Crippen LogP contribution in [0.3, 0.4) is 0 Å². The molecule has 3 N–H and O–H groups in total. The average molecular weight is 422 g/mol. The number of anilines is 2. The third kappa shape index (κ3) is 3.87. The number of rotatable bonds is 4. The van der Waals surface area contributed by atoms with Crippen LogP contribution >= 0.6 is 11.6 Å². The molecule has 0 aliphatic carbocycles. The highest BCUT2D eigenvalue weighted by molar-refractivity contribution is 6.31. The molecule has 0 fully saturated rings. The van der Waals surface area contributed by atoms with Crippen molar-refractivity contribution in [2.24, 2.45) is 10.7 Å². The second-order valence-corrected chi connectivity index (χ2v) is 8.22. The van der Waals surface area contributed by atoms with Crippen molar-refractivity contribution in [2.75, 3.05) is 29.9 Å². The molecule has 2 aromatic carbocycles. The van der Waals surface area contributed by atoms with Crippen LogP contribution in [-0.4, -0.2) is 36.7 Å². The molecule has 3 aromatic rings. The molecular weight excluding hydrogens is 398 g/mol. The van der Waals surface area contributed by atoms with Crippen LogP contribution in [0.2, 0.25) is 5.02 Å². The number of aromatic nitrogens is 1. The Morgan fingerprint density at radius 1 is 1.17 bits per heavy atom. The Hall–Kier alpha value is -2.99. The molecule has 3 heterocycles. The van der Waals surface area contributed by atoms with Crippen molar-refractivity contribution < 1.29 is 4.74 Å². The van der Waals surface area contributed by atoms with Crippen molar-refractivity contribution in [1.29, 1.82) is 0 Å². The number of amidine groups is 1. The zero-order chi connectivity index (χ0) is 20.5. The molecule has 1 atom stereocenters. The number of nitrogens with zero attached hydrogens (tertiary/aromatic N) is 3. The maximum atomic E-state index is 6.28. The van der Waals surface area contributed by atoms with Crippen molar-refractivity contribution in [3.8, 4) is 0 Å². The Morgan fingerprint density at radius 3 is 2.87 bits per heavy atom. The SMILES string of the molecule is NC1=NCC(CNc2cc(N3CCCc4ccccc4C3)nc3ccc(Cl)cc23)O1. The van der Waals surface area contributed by atoms with Crippen molar-refractivity contribution in [3.05, 3.63) is 64.7 Å². The van der Waals surface area contributed by atoms with E-state index >= 15 is 0 Å². The van der Waals surface area contributed by atoms with Crippen LogP contribution in [0.25, 0.3) is 10.9 Å². The molecule has 5 rings (SSSR count). The van der Waals surface area contributed by atoms with Crippen LogP contribution in [0.5, 0.6) is 0 Å². The van der Waals surface area contributed by atoms with Crippen molar-refractivity contribution in [3.63, 3.8) is 0 Å². The molecule has 0 saturated heterocycles. The fourth-order valence-electron chi connectivity index (χ4n) is 4.16. The lowest BCUT2D eigenvalue weighted by Crippen LogP contribution is -2.26. The van der Waals surface area contributed by atoms with Gasteiger partial charge >= 0.3 is 0 Å². The molecule has 0 spiro atoms. The number of benzene rings is 2. The predicted octanol–water partition coefficient (Wildman–Crippen LogP) is 3.97. The number of aryl methyl sites for hydroxylation is 1. The van der Waals surface area contributed by atoms with E-state index in [1.807, 2.05) is 18.2 Å². The fourth-order valence-corrected chi connectivity index (χ4v) is 4.33. The number of hydrogen-bond donors (Lipinski definition) is 2. The van der Waals surface area contributed by atoms with Crippen LogP contribution in [-0.2, 0) is 17.7 Å². The topological polar surface area (TPSA) is 75.8 Å². The summed E-state index contributed by atoms with van der Waals surface area (Å²) in [6.07, 6.45) is 2.13. The number of nitrogens with two attached hydrogens (primary N) is 1. The van der Waals surface area contributed by atoms with Crippen LogP contribution < -0.4 is 16.0 Å². The third-order valence-electron chi connectivity index (χ3n) is 5.69. The first-order valence-electron chi connectivity index (χ1n) is 10.3. The third-order valence-corrected chi connectivity index (χ3v) is 5.93. The molecule has 0 bridgehead atoms. The van der Waals surface area contributed by atoms with E-state index < -0.39 is 0 Å². The van der Waals surface area contributed by atoms with E-state index in [2.05, 4.69) is 45.5 Å². The number of pyridine rings is 1. The normalized spacial score (nSPS) is 18.5. The van der Waals surface area contributed by atoms with E-state index in [4.69, 9.17) is 27.1 Å². The highest BCUT2D eigenvalue weighted by Crippen LogP contribution is 2.31. The van der Waals surface area contributed by atoms with Gasteiger partial charge in [0, 0.05) is 35.3 Å². The quantitative estimate of drug-likeness (QED) is 0.666. The van der Waals surface area contributed by atoms with Crippen molar-refractivity contribution in [1.82, 2.24) is 4.98 Å². The molecule has 0 saturated carbocycles. The number of fused-ring (bicyclic) bond motifs is 2. The molecular formula is C23H24ClN5O. The van der Waals surface area contributed by atoms with Gasteiger partial charge in [0.05, 0.1) is 18.6 Å². The first-order valence-corrected chi connectivity index (χ1v) is 10.7. The van der Waals surface area contributed by atoms with Gasteiger partial charge in [0.25, 0.3) is 6.02 Å². The summed E-state index contributed by atoms with van der Waals surface area (Å²) < 4.78 is 5.53. The number of halogens is 1. The Kier molecular flexibility index (Phi) is 5.09. The fraction of sp³-hybridized carbons (Fsp3) is 0.304. The van der Waals surface area contributed by atoms with Gasteiger partial charge in [-0.2, -0.15) is 0 Å². The van der Waals surface area contributed by atoms with Gasteiger partial charge in [-0.1, -0.05) is 35.9 Å². The minimum absolute atomic E-state index is 0.0686. The molecule has 1 aromatic heterocycles. The van der Waals surface area contributed by atoms with E-state index in [-0.39, 0.29) is 12.1 Å². The summed E-state index contributed by atoms with van der Waals surface area (Å²) in [7, 11) is 0. The standard InChI is InChI=1S/C23H24ClN5O/c24-17-7-8-20-19(10-17)21(26-12-18-13-27-23(25)30-18)11-22(28-20)29-9-3-6-15-4-1-2-5-16(15)14-29/h1-2,4-5,7-8,10-11,18H,3,6,9,12-14H2,(H2,25,27)(H,26,28). The predicted molar refractivity (Wildman–Crippen MR) is 122 cm³/mol. The number of nitrogens with one attached hydrogen (secondary N) is 1. The Labute approximate surface area is 180 Å². The van der Waals surface area contributed by atoms with Gasteiger partial charge in [-0.3, -0.25) is 0 Å². The van der Waals surface area contributed by atoms with Crippen LogP contribution in [0.4, 0.5) is 11.5 Å². The second kappa shape index (κ2) is 8.03. The first-order chi connectivity index (χ1) is 14.7. The zero-order valence-electron chi connectivity index (χ0n) is 16.6. The van der Waals surface area contributed by atoms with E-state index in [0.29, 0.717) is 18.1 Å². The average Bonchev–Trinajstić information content (AvgIpc) is 3.04. The largest absolute Gasteiger partial charge is 0.458 e. The second-order valence-electron chi connectivity index (χ2n) is 7.78. The van der Waals surface area contributed by atoms with Crippen molar-refractivity contribution in [2.45, 2.75) is 25.5 Å². The minimum atomic E-state index is -0.0686. The minimum Gasteiger partial charge on any atom is -0.458 e. The van der Waals surface area contributed by atoms with Crippen LogP contribution in [0, 0.1) is 0 Å². The summed E-state index contributed by atoms with van der Waals surface area (Å²) in [5.74, 6) is 0.965. The number of aliphatic imine (C=N–C) groups is 1. The van der Waals surface area contributed by atoms with Crippen LogP contribution in [0.15, 0.2) is 53.5 Å². The lowest BCUT2D eigenvalue weighted by Gasteiger charge is -2.24. The summed E-state index contributed by atoms with van der Waals surface area (Å²) >= 11 is 6.28. The summed E-state index contributed by atoms with van der Waals surface area (Å²) in [5.41, 5.74) is 10.4. The van der Waals surface area contributed by atoms with Gasteiger partial charge in [-0.25, -0.2) is 9.98 Å². The Bertz CT molecular complexity index is 1120. The Balaban J connectivity index is 1.47. The molecule has 30 heavy (non-hydrogen) atoms. The number of hydrogen-bond acceptors (Lipinski definition) is 6. The van der Waals surface area contributed by atoms with Gasteiger partial charge in [-0.15, -0.1) is 0 Å². The van der Waals surface area contributed by atoms with Gasteiger partial charge in [0.2, 0.25) is 0 Å². The number of ether oxygens (including phenoxy) is 1. The molecule has 1 unspecified atom stereocenters. The van der Waals surface area contributed by atoms with E-state index in [1.165, 1.54) is 11.1 Å². The molecule has 2 aliphatic heterocycles. The van der Waals surface area contributed by atoms with E-state index in [0.717, 1.165) is 48.3 Å². The molecule has 6 nitrogen and oxygen atoms in total. The lowest BCUT2D eigenvalue weighted by molar-refractivity contribution is 0.234. The maximum Gasteiger partial charge on any atom is 0.282 e. The first kappa shape index (κ1) is 19.0. The molecule has 0 amide bonds. The van der Waals surface area contributed by atoms with Gasteiger partial charge in [0.1, 0.15) is 11.9 Å². The zero-order valence-corrected chi connectivity index (χ0v) is 17.4. The molecule has 154 valence electrons. The maximum absolute atomic E-state index is 6.28. The lowest BCUT2D eigenvalue weighted by atomic mass is 10.0. The summed E-state index contributed by atoms with van der Waals surface area (Å²) in [6.45, 7) is 3.00. The molecule has 2 aliphatic rings. The molecule has 0 radical (unpaired) electrons. The summed E-state index contributed by atoms with van der Waals surface area (Å²) in [5, 5.41) is 5.19. The van der Waals surface area contributed by atoms with E-state index in [1.54, 1.807) is 0 Å². The summed E-state index contributed by atoms with van der Waals surface area (Å²) in [6, 6.07) is 16.9. The monoisotopic (exact) mass is 421 g/mol. The summed E-state index contributed by atoms with van der Waals surface area (Å²) in [4.78, 5) is 11.4. The van der Waals surface area contributed by atoms with Crippen LogP contribution in [0.1, 0.15) is 17.5 Å². The smallest absolute Gasteiger partial charge is 0.282 e. The van der Waals surface area contributed by atoms with Gasteiger partial charge in [-0.05, 0) is 42.2 Å².